The van der Waals surface area contributed by atoms with E-state index in [1.54, 1.807) is 16.4 Å². The normalized spacial score (nSPS) is 15.9. The molecule has 0 spiro atoms. The summed E-state index contributed by atoms with van der Waals surface area (Å²) in [6.45, 7) is 6.00. The van der Waals surface area contributed by atoms with Crippen LogP contribution in [-0.4, -0.2) is 38.9 Å². The Morgan fingerprint density at radius 2 is 2.19 bits per heavy atom. The van der Waals surface area contributed by atoms with Crippen LogP contribution in [0.25, 0.3) is 0 Å². The third kappa shape index (κ3) is 4.62. The summed E-state index contributed by atoms with van der Waals surface area (Å²) in [4.78, 5) is 28.8. The lowest BCUT2D eigenvalue weighted by Crippen LogP contribution is -2.47. The van der Waals surface area contributed by atoms with Gasteiger partial charge < -0.3 is 10.2 Å². The quantitative estimate of drug-likeness (QED) is 0.714. The fourth-order valence-electron chi connectivity index (χ4n) is 3.44. The Bertz CT molecular complexity index is 781. The first-order valence-corrected chi connectivity index (χ1v) is 10.9. The van der Waals surface area contributed by atoms with E-state index in [-0.39, 0.29) is 30.1 Å². The molecule has 0 radical (unpaired) electrons. The van der Waals surface area contributed by atoms with E-state index in [9.17, 15) is 9.59 Å². The summed E-state index contributed by atoms with van der Waals surface area (Å²) in [5.41, 5.74) is 1.26. The largest absolute Gasteiger partial charge is 0.351 e. The van der Waals surface area contributed by atoms with Gasteiger partial charge in [-0.25, -0.2) is 0 Å². The molecule has 3 rings (SSSR count). The maximum absolute atomic E-state index is 13.3. The summed E-state index contributed by atoms with van der Waals surface area (Å²) in [7, 11) is 0. The van der Waals surface area contributed by atoms with Gasteiger partial charge in [0.05, 0.1) is 0 Å². The van der Waals surface area contributed by atoms with Crippen molar-refractivity contribution in [3.8, 4) is 0 Å². The average molecular weight is 405 g/mol. The van der Waals surface area contributed by atoms with Crippen LogP contribution in [0.5, 0.6) is 0 Å². The number of nitrogens with zero attached hydrogens (tertiary/aromatic N) is 3. The molecule has 1 fully saturated rings. The third-order valence-corrected chi connectivity index (χ3v) is 6.40. The Kier molecular flexibility index (Phi) is 6.73. The SMILES string of the molecule is C=CCN(C(=O)c1csnn1)[C@@H](C(=O)NC1CCCCC1)c1sccc1C. The van der Waals surface area contributed by atoms with E-state index in [4.69, 9.17) is 0 Å². The van der Waals surface area contributed by atoms with Crippen LogP contribution in [0.4, 0.5) is 0 Å². The monoisotopic (exact) mass is 404 g/mol. The van der Waals surface area contributed by atoms with Crippen molar-refractivity contribution in [2.75, 3.05) is 6.54 Å². The highest BCUT2D eigenvalue weighted by atomic mass is 32.1. The number of hydrogen-bond acceptors (Lipinski definition) is 6. The van der Waals surface area contributed by atoms with Gasteiger partial charge >= 0.3 is 0 Å². The van der Waals surface area contributed by atoms with Crippen molar-refractivity contribution in [2.24, 2.45) is 0 Å². The summed E-state index contributed by atoms with van der Waals surface area (Å²) in [5, 5.41) is 10.6. The van der Waals surface area contributed by atoms with Crippen LogP contribution in [0.1, 0.15) is 59.1 Å². The molecule has 1 aliphatic carbocycles. The van der Waals surface area contributed by atoms with Gasteiger partial charge in [0.25, 0.3) is 5.91 Å². The minimum absolute atomic E-state index is 0.133. The lowest BCUT2D eigenvalue weighted by Gasteiger charge is -2.32. The van der Waals surface area contributed by atoms with Gasteiger partial charge in [-0.1, -0.05) is 29.8 Å². The van der Waals surface area contributed by atoms with Crippen molar-refractivity contribution in [3.63, 3.8) is 0 Å². The minimum atomic E-state index is -0.695. The zero-order chi connectivity index (χ0) is 19.2. The van der Waals surface area contributed by atoms with E-state index < -0.39 is 6.04 Å². The summed E-state index contributed by atoms with van der Waals surface area (Å²) >= 11 is 2.61. The molecule has 6 nitrogen and oxygen atoms in total. The van der Waals surface area contributed by atoms with Crippen LogP contribution in [0.15, 0.2) is 29.5 Å². The first kappa shape index (κ1) is 19.7. The molecule has 2 heterocycles. The van der Waals surface area contributed by atoms with Crippen LogP contribution in [0, 0.1) is 6.92 Å². The Balaban J connectivity index is 1.91. The first-order valence-electron chi connectivity index (χ1n) is 9.15. The van der Waals surface area contributed by atoms with Crippen LogP contribution < -0.4 is 5.32 Å². The fraction of sp³-hybridized carbons (Fsp3) is 0.474. The summed E-state index contributed by atoms with van der Waals surface area (Å²) in [6, 6.07) is 1.46. The van der Waals surface area contributed by atoms with Crippen molar-refractivity contribution in [1.29, 1.82) is 0 Å². The molecular weight excluding hydrogens is 380 g/mol. The molecule has 144 valence electrons. The molecule has 0 bridgehead atoms. The third-order valence-electron chi connectivity index (χ3n) is 4.83. The van der Waals surface area contributed by atoms with Gasteiger partial charge in [-0.15, -0.1) is 23.0 Å². The molecule has 1 aliphatic rings. The van der Waals surface area contributed by atoms with Gasteiger partial charge in [0.1, 0.15) is 6.04 Å². The van der Waals surface area contributed by atoms with Gasteiger partial charge in [0.15, 0.2) is 5.69 Å². The molecule has 2 amide bonds. The minimum Gasteiger partial charge on any atom is -0.351 e. The smallest absolute Gasteiger partial charge is 0.276 e. The highest BCUT2D eigenvalue weighted by Gasteiger charge is 2.35. The van der Waals surface area contributed by atoms with Crippen LogP contribution in [0.2, 0.25) is 0 Å². The van der Waals surface area contributed by atoms with Crippen molar-refractivity contribution in [3.05, 3.63) is 45.6 Å². The average Bonchev–Trinajstić information content (AvgIpc) is 3.34. The summed E-state index contributed by atoms with van der Waals surface area (Å²) < 4.78 is 3.78. The Labute approximate surface area is 167 Å². The van der Waals surface area contributed by atoms with Gasteiger partial charge in [0.2, 0.25) is 5.91 Å². The maximum Gasteiger partial charge on any atom is 0.276 e. The summed E-state index contributed by atoms with van der Waals surface area (Å²) in [6.07, 6.45) is 7.11. The number of carbonyl (C=O) groups is 2. The topological polar surface area (TPSA) is 75.2 Å². The summed E-state index contributed by atoms with van der Waals surface area (Å²) in [5.74, 6) is -0.439. The van der Waals surface area contributed by atoms with Gasteiger partial charge in [-0.2, -0.15) is 0 Å². The van der Waals surface area contributed by atoms with E-state index in [1.807, 2.05) is 18.4 Å². The number of hydrogen-bond donors (Lipinski definition) is 1. The van der Waals surface area contributed by atoms with E-state index in [2.05, 4.69) is 21.5 Å². The molecule has 1 N–H and O–H groups in total. The Morgan fingerprint density at radius 1 is 1.41 bits per heavy atom. The molecule has 1 atom stereocenters. The maximum atomic E-state index is 13.3. The number of rotatable bonds is 7. The van der Waals surface area contributed by atoms with Crippen LogP contribution >= 0.6 is 22.9 Å². The van der Waals surface area contributed by atoms with E-state index in [0.29, 0.717) is 0 Å². The lowest BCUT2D eigenvalue weighted by atomic mass is 9.95. The van der Waals surface area contributed by atoms with Gasteiger partial charge in [-0.3, -0.25) is 9.59 Å². The van der Waals surface area contributed by atoms with Crippen LogP contribution in [-0.2, 0) is 4.79 Å². The predicted molar refractivity (Wildman–Crippen MR) is 108 cm³/mol. The second kappa shape index (κ2) is 9.23. The van der Waals surface area contributed by atoms with Crippen molar-refractivity contribution >= 4 is 34.7 Å². The fourth-order valence-corrected chi connectivity index (χ4v) is 4.91. The molecule has 0 unspecified atom stereocenters. The lowest BCUT2D eigenvalue weighted by molar-refractivity contribution is -0.126. The molecule has 2 aromatic heterocycles. The van der Waals surface area contributed by atoms with Crippen molar-refractivity contribution in [2.45, 2.75) is 51.1 Å². The first-order chi connectivity index (χ1) is 13.1. The molecule has 0 aliphatic heterocycles. The number of aryl methyl sites for hydroxylation is 1. The molecule has 8 heteroatoms. The van der Waals surface area contributed by atoms with Crippen molar-refractivity contribution in [1.82, 2.24) is 19.8 Å². The number of amides is 2. The molecule has 2 aromatic rings. The zero-order valence-corrected chi connectivity index (χ0v) is 17.0. The highest BCUT2D eigenvalue weighted by molar-refractivity contribution is 7.10. The van der Waals surface area contributed by atoms with Crippen LogP contribution in [0.3, 0.4) is 0 Å². The molecule has 0 aromatic carbocycles. The van der Waals surface area contributed by atoms with Gasteiger partial charge in [0, 0.05) is 22.8 Å². The Hall–Kier alpha value is -2.06. The Morgan fingerprint density at radius 3 is 2.78 bits per heavy atom. The molecule has 0 saturated heterocycles. The standard InChI is InChI=1S/C19H24N4O2S2/c1-3-10-23(19(25)15-12-27-22-21-15)16(17-13(2)9-11-26-17)18(24)20-14-7-5-4-6-8-14/h3,9,11-12,14,16H,1,4-8,10H2,2H3,(H,20,24)/t16-/m1/s1. The molecule has 27 heavy (non-hydrogen) atoms. The second-order valence-electron chi connectivity index (χ2n) is 6.75. The molecular formula is C19H24N4O2S2. The zero-order valence-electron chi connectivity index (χ0n) is 15.4. The van der Waals surface area contributed by atoms with E-state index in [0.717, 1.165) is 47.7 Å². The predicted octanol–water partition coefficient (Wildman–Crippen LogP) is 3.73. The van der Waals surface area contributed by atoms with Gasteiger partial charge in [-0.05, 0) is 48.3 Å². The van der Waals surface area contributed by atoms with Crippen molar-refractivity contribution < 1.29 is 9.59 Å². The number of thiophene rings is 1. The second-order valence-corrected chi connectivity index (χ2v) is 8.31. The highest BCUT2D eigenvalue weighted by Crippen LogP contribution is 2.31. The number of nitrogens with one attached hydrogen (secondary N) is 1. The number of aromatic nitrogens is 2. The van der Waals surface area contributed by atoms with E-state index >= 15 is 0 Å². The molecule has 1 saturated carbocycles. The van der Waals surface area contributed by atoms with E-state index in [1.165, 1.54) is 17.8 Å². The number of carbonyl (C=O) groups excluding carboxylic acids is 2.